The van der Waals surface area contributed by atoms with E-state index < -0.39 is 6.10 Å². The molecule has 0 aliphatic heterocycles. The van der Waals surface area contributed by atoms with Crippen LogP contribution in [0.4, 0.5) is 5.69 Å². The van der Waals surface area contributed by atoms with Crippen LogP contribution in [0.2, 0.25) is 0 Å². The van der Waals surface area contributed by atoms with E-state index in [1.807, 2.05) is 24.3 Å². The average Bonchev–Trinajstić information content (AvgIpc) is 2.61. The molecule has 0 radical (unpaired) electrons. The number of carbonyl (C=O) groups excluding carboxylic acids is 2. The van der Waals surface area contributed by atoms with Crippen molar-refractivity contribution >= 4 is 17.5 Å². The Balaban J connectivity index is 2.04. The molecule has 1 unspecified atom stereocenters. The molecule has 0 fully saturated rings. The maximum Gasteiger partial charge on any atom is 0.265 e. The first-order chi connectivity index (χ1) is 11.9. The summed E-state index contributed by atoms with van der Waals surface area (Å²) >= 11 is 0. The zero-order valence-electron chi connectivity index (χ0n) is 15.0. The summed E-state index contributed by atoms with van der Waals surface area (Å²) in [7, 11) is 1.55. The molecular weight excluding hydrogens is 316 g/mol. The molecule has 0 aromatic heterocycles. The van der Waals surface area contributed by atoms with Crippen LogP contribution >= 0.6 is 0 Å². The fourth-order valence-corrected chi connectivity index (χ4v) is 2.35. The van der Waals surface area contributed by atoms with E-state index in [4.69, 9.17) is 4.74 Å². The van der Waals surface area contributed by atoms with Gasteiger partial charge in [0.2, 0.25) is 0 Å². The summed E-state index contributed by atoms with van der Waals surface area (Å²) in [6, 6.07) is 14.6. The third kappa shape index (κ3) is 4.83. The maximum atomic E-state index is 12.4. The molecule has 0 spiro atoms. The molecule has 0 saturated carbocycles. The molecule has 1 atom stereocenters. The summed E-state index contributed by atoms with van der Waals surface area (Å²) in [6.07, 6.45) is -0.692. The third-order valence-electron chi connectivity index (χ3n) is 3.89. The molecule has 5 nitrogen and oxygen atoms in total. The monoisotopic (exact) mass is 340 g/mol. The first-order valence-corrected chi connectivity index (χ1v) is 8.31. The lowest BCUT2D eigenvalue weighted by atomic mass is 10.0. The Kier molecular flexibility index (Phi) is 6.17. The number of rotatable bonds is 6. The van der Waals surface area contributed by atoms with Crippen LogP contribution in [0.3, 0.4) is 0 Å². The van der Waals surface area contributed by atoms with Crippen LogP contribution in [-0.2, 0) is 4.79 Å². The van der Waals surface area contributed by atoms with Crippen molar-refractivity contribution in [2.24, 2.45) is 0 Å². The first-order valence-electron chi connectivity index (χ1n) is 8.31. The second-order valence-corrected chi connectivity index (χ2v) is 6.10. The van der Waals surface area contributed by atoms with E-state index in [2.05, 4.69) is 24.5 Å². The molecule has 0 saturated heterocycles. The minimum atomic E-state index is -0.692. The molecule has 2 rings (SSSR count). The Morgan fingerprint density at radius 1 is 0.960 bits per heavy atom. The summed E-state index contributed by atoms with van der Waals surface area (Å²) in [4.78, 5) is 24.3. The van der Waals surface area contributed by atoms with Crippen LogP contribution in [-0.4, -0.2) is 25.0 Å². The highest BCUT2D eigenvalue weighted by Crippen LogP contribution is 2.20. The second kappa shape index (κ2) is 8.33. The Morgan fingerprint density at radius 3 is 2.20 bits per heavy atom. The lowest BCUT2D eigenvalue weighted by Gasteiger charge is -2.16. The van der Waals surface area contributed by atoms with E-state index >= 15 is 0 Å². The van der Waals surface area contributed by atoms with Crippen molar-refractivity contribution in [3.8, 4) is 5.75 Å². The predicted octanol–water partition coefficient (Wildman–Crippen LogP) is 3.58. The largest absolute Gasteiger partial charge is 0.481 e. The van der Waals surface area contributed by atoms with E-state index in [9.17, 15) is 9.59 Å². The fraction of sp³-hybridized carbons (Fsp3) is 0.300. The molecule has 0 aliphatic rings. The Bertz CT molecular complexity index is 739. The summed E-state index contributed by atoms with van der Waals surface area (Å²) in [5.41, 5.74) is 2.08. The second-order valence-electron chi connectivity index (χ2n) is 6.10. The highest BCUT2D eigenvalue weighted by atomic mass is 16.5. The van der Waals surface area contributed by atoms with Crippen molar-refractivity contribution in [1.29, 1.82) is 0 Å². The number of amides is 2. The lowest BCUT2D eigenvalue weighted by Crippen LogP contribution is -2.31. The van der Waals surface area contributed by atoms with Gasteiger partial charge in [-0.25, -0.2) is 0 Å². The van der Waals surface area contributed by atoms with Gasteiger partial charge in [-0.15, -0.1) is 0 Å². The number of hydrogen-bond donors (Lipinski definition) is 2. The van der Waals surface area contributed by atoms with Gasteiger partial charge in [0.05, 0.1) is 11.3 Å². The molecule has 0 aliphatic carbocycles. The molecular formula is C20H24N2O3. The van der Waals surface area contributed by atoms with Crippen molar-refractivity contribution in [2.45, 2.75) is 32.8 Å². The zero-order chi connectivity index (χ0) is 18.4. The van der Waals surface area contributed by atoms with Gasteiger partial charge >= 0.3 is 0 Å². The highest BCUT2D eigenvalue weighted by molar-refractivity contribution is 6.04. The standard InChI is InChI=1S/C20H24N2O3/c1-13(2)15-9-11-16(12-10-15)25-14(3)19(23)22-18-8-6-5-7-17(18)20(24)21-4/h5-14H,1-4H3,(H,21,24)(H,22,23). The topological polar surface area (TPSA) is 67.4 Å². The van der Waals surface area contributed by atoms with Gasteiger partial charge in [0.15, 0.2) is 6.10 Å². The van der Waals surface area contributed by atoms with Crippen LogP contribution < -0.4 is 15.4 Å². The number of nitrogens with one attached hydrogen (secondary N) is 2. The molecule has 5 heteroatoms. The average molecular weight is 340 g/mol. The number of para-hydroxylation sites is 1. The van der Waals surface area contributed by atoms with E-state index in [0.29, 0.717) is 22.9 Å². The van der Waals surface area contributed by atoms with Crippen molar-refractivity contribution < 1.29 is 14.3 Å². The molecule has 0 heterocycles. The molecule has 2 aromatic carbocycles. The SMILES string of the molecule is CNC(=O)c1ccccc1NC(=O)C(C)Oc1ccc(C(C)C)cc1. The molecule has 0 bridgehead atoms. The number of ether oxygens (including phenoxy) is 1. The summed E-state index contributed by atoms with van der Waals surface area (Å²) in [6.45, 7) is 5.92. The van der Waals surface area contributed by atoms with Gasteiger partial charge in [-0.3, -0.25) is 9.59 Å². The van der Waals surface area contributed by atoms with Gasteiger partial charge in [0.25, 0.3) is 11.8 Å². The van der Waals surface area contributed by atoms with Gasteiger partial charge in [0, 0.05) is 7.05 Å². The van der Waals surface area contributed by atoms with Crippen molar-refractivity contribution in [2.75, 3.05) is 12.4 Å². The van der Waals surface area contributed by atoms with Crippen molar-refractivity contribution in [1.82, 2.24) is 5.32 Å². The van der Waals surface area contributed by atoms with E-state index in [1.54, 1.807) is 38.2 Å². The number of benzene rings is 2. The summed E-state index contributed by atoms with van der Waals surface area (Å²) in [5, 5.41) is 5.31. The number of hydrogen-bond acceptors (Lipinski definition) is 3. The van der Waals surface area contributed by atoms with Crippen LogP contribution in [0.15, 0.2) is 48.5 Å². The maximum absolute atomic E-state index is 12.4. The number of anilines is 1. The van der Waals surface area contributed by atoms with Gasteiger partial charge < -0.3 is 15.4 Å². The smallest absolute Gasteiger partial charge is 0.265 e. The van der Waals surface area contributed by atoms with Gasteiger partial charge in [-0.05, 0) is 42.7 Å². The zero-order valence-corrected chi connectivity index (χ0v) is 15.0. The van der Waals surface area contributed by atoms with Gasteiger partial charge in [-0.1, -0.05) is 38.1 Å². The Labute approximate surface area is 148 Å². The molecule has 2 amide bonds. The molecule has 132 valence electrons. The van der Waals surface area contributed by atoms with Crippen molar-refractivity contribution in [3.63, 3.8) is 0 Å². The predicted molar refractivity (Wildman–Crippen MR) is 99.1 cm³/mol. The van der Waals surface area contributed by atoms with E-state index in [-0.39, 0.29) is 11.8 Å². The van der Waals surface area contributed by atoms with Crippen molar-refractivity contribution in [3.05, 3.63) is 59.7 Å². The fourth-order valence-electron chi connectivity index (χ4n) is 2.35. The minimum Gasteiger partial charge on any atom is -0.481 e. The Morgan fingerprint density at radius 2 is 1.60 bits per heavy atom. The van der Waals surface area contributed by atoms with E-state index in [0.717, 1.165) is 0 Å². The summed E-state index contributed by atoms with van der Waals surface area (Å²) in [5.74, 6) is 0.501. The van der Waals surface area contributed by atoms with Gasteiger partial charge in [0.1, 0.15) is 5.75 Å². The van der Waals surface area contributed by atoms with Crippen LogP contribution in [0.25, 0.3) is 0 Å². The number of carbonyl (C=O) groups is 2. The first kappa shape index (κ1) is 18.5. The van der Waals surface area contributed by atoms with E-state index in [1.165, 1.54) is 5.56 Å². The molecule has 25 heavy (non-hydrogen) atoms. The Hall–Kier alpha value is -2.82. The highest BCUT2D eigenvalue weighted by Gasteiger charge is 2.18. The van der Waals surface area contributed by atoms with Crippen LogP contribution in [0.5, 0.6) is 5.75 Å². The summed E-state index contributed by atoms with van der Waals surface area (Å²) < 4.78 is 5.70. The minimum absolute atomic E-state index is 0.256. The van der Waals surface area contributed by atoms with Crippen LogP contribution in [0.1, 0.15) is 42.6 Å². The van der Waals surface area contributed by atoms with Gasteiger partial charge in [-0.2, -0.15) is 0 Å². The van der Waals surface area contributed by atoms with Crippen LogP contribution in [0, 0.1) is 0 Å². The lowest BCUT2D eigenvalue weighted by molar-refractivity contribution is -0.122. The quantitative estimate of drug-likeness (QED) is 0.845. The normalized spacial score (nSPS) is 11.7. The third-order valence-corrected chi connectivity index (χ3v) is 3.89. The molecule has 2 aromatic rings. The molecule has 2 N–H and O–H groups in total.